The summed E-state index contributed by atoms with van der Waals surface area (Å²) in [4.78, 5) is 19.9. The Balaban J connectivity index is 1.43. The first-order chi connectivity index (χ1) is 13.9. The van der Waals surface area contributed by atoms with E-state index in [1.54, 1.807) is 0 Å². The van der Waals surface area contributed by atoms with Crippen LogP contribution in [0.1, 0.15) is 41.2 Å². The lowest BCUT2D eigenvalue weighted by Crippen LogP contribution is -2.51. The zero-order valence-corrected chi connectivity index (χ0v) is 17.7. The highest BCUT2D eigenvalue weighted by atomic mass is 19.1. The first-order valence-corrected chi connectivity index (χ1v) is 10.6. The van der Waals surface area contributed by atoms with Gasteiger partial charge >= 0.3 is 0 Å². The highest BCUT2D eigenvalue weighted by molar-refractivity contribution is 5.93. The summed E-state index contributed by atoms with van der Waals surface area (Å²) in [5.74, 6) is -0.0505. The van der Waals surface area contributed by atoms with Crippen molar-refractivity contribution in [3.8, 4) is 0 Å². The molecule has 0 aliphatic carbocycles. The van der Waals surface area contributed by atoms with Gasteiger partial charge in [-0.2, -0.15) is 0 Å². The number of benzene rings is 1. The largest absolute Gasteiger partial charge is 0.343 e. The minimum Gasteiger partial charge on any atom is -0.343 e. The molecule has 0 spiro atoms. The maximum atomic E-state index is 13.2. The van der Waals surface area contributed by atoms with Crippen molar-refractivity contribution in [1.82, 2.24) is 19.3 Å². The molecule has 2 aliphatic rings. The molecular weight excluding hydrogens is 367 g/mol. The van der Waals surface area contributed by atoms with Gasteiger partial charge in [0.25, 0.3) is 5.91 Å². The Morgan fingerprint density at radius 2 is 1.76 bits per heavy atom. The zero-order chi connectivity index (χ0) is 20.5. The topological polar surface area (TPSA) is 31.7 Å². The van der Waals surface area contributed by atoms with Crippen molar-refractivity contribution in [3.05, 3.63) is 58.7 Å². The third-order valence-electron chi connectivity index (χ3n) is 6.38. The van der Waals surface area contributed by atoms with E-state index in [1.807, 2.05) is 24.1 Å². The number of rotatable bonds is 4. The molecule has 0 atom stereocenters. The molecule has 1 saturated heterocycles. The van der Waals surface area contributed by atoms with E-state index in [2.05, 4.69) is 34.3 Å². The lowest BCUT2D eigenvalue weighted by atomic mass is 10.1. The second-order valence-electron chi connectivity index (χ2n) is 8.57. The predicted molar refractivity (Wildman–Crippen MR) is 112 cm³/mol. The molecule has 156 valence electrons. The number of nitrogens with zero attached hydrogens (tertiary/aromatic N) is 4. The summed E-state index contributed by atoms with van der Waals surface area (Å²) in [5, 5.41) is 0. The van der Waals surface area contributed by atoms with Gasteiger partial charge in [-0.1, -0.05) is 12.1 Å². The van der Waals surface area contributed by atoms with Crippen molar-refractivity contribution < 1.29 is 9.18 Å². The van der Waals surface area contributed by atoms with Crippen molar-refractivity contribution in [3.63, 3.8) is 0 Å². The number of fused-ring (bicyclic) bond motifs is 1. The van der Waals surface area contributed by atoms with E-state index >= 15 is 0 Å². The third kappa shape index (κ3) is 4.23. The number of carbonyl (C=O) groups excluding carboxylic acids is 1. The van der Waals surface area contributed by atoms with Crippen LogP contribution >= 0.6 is 0 Å². The predicted octanol–water partition coefficient (Wildman–Crippen LogP) is 2.89. The fraction of sp³-hybridized carbons (Fsp3) is 0.522. The molecular formula is C23H31FN4O. The Morgan fingerprint density at radius 3 is 2.41 bits per heavy atom. The van der Waals surface area contributed by atoms with Crippen LogP contribution in [0.3, 0.4) is 0 Å². The summed E-state index contributed by atoms with van der Waals surface area (Å²) in [5.41, 5.74) is 4.43. The molecule has 1 aromatic heterocycles. The second kappa shape index (κ2) is 8.28. The molecule has 1 fully saturated rings. The SMILES string of the molecule is CC(C)N1CCN(C(=O)c2cc3c(n2C)CCN(Cc2ccc(F)cc2)C3)CC1. The normalized spacial score (nSPS) is 18.3. The summed E-state index contributed by atoms with van der Waals surface area (Å²) in [6.07, 6.45) is 0.932. The molecule has 3 heterocycles. The van der Waals surface area contributed by atoms with Crippen molar-refractivity contribution in [2.24, 2.45) is 7.05 Å². The molecule has 1 amide bonds. The van der Waals surface area contributed by atoms with E-state index in [4.69, 9.17) is 0 Å². The standard InChI is InChI=1S/C23H31FN4O/c1-17(2)27-10-12-28(13-11-27)23(29)22-14-19-16-26(9-8-21(19)25(22)3)15-18-4-6-20(24)7-5-18/h4-7,14,17H,8-13,15-16H2,1-3H3. The summed E-state index contributed by atoms with van der Waals surface area (Å²) < 4.78 is 15.2. The van der Waals surface area contributed by atoms with Gasteiger partial charge in [-0.25, -0.2) is 4.39 Å². The maximum absolute atomic E-state index is 13.2. The lowest BCUT2D eigenvalue weighted by molar-refractivity contribution is 0.0586. The van der Waals surface area contributed by atoms with E-state index < -0.39 is 0 Å². The number of hydrogen-bond donors (Lipinski definition) is 0. The molecule has 1 aromatic carbocycles. The summed E-state index contributed by atoms with van der Waals surface area (Å²) in [6.45, 7) is 10.5. The first-order valence-electron chi connectivity index (χ1n) is 10.6. The minimum atomic E-state index is -0.199. The van der Waals surface area contributed by atoms with Gasteiger partial charge in [0.2, 0.25) is 0 Å². The highest BCUT2D eigenvalue weighted by Crippen LogP contribution is 2.25. The van der Waals surface area contributed by atoms with E-state index in [9.17, 15) is 9.18 Å². The van der Waals surface area contributed by atoms with Gasteiger partial charge in [-0.15, -0.1) is 0 Å². The summed E-state index contributed by atoms with van der Waals surface area (Å²) in [6, 6.07) is 9.35. The third-order valence-corrected chi connectivity index (χ3v) is 6.38. The van der Waals surface area contributed by atoms with Crippen molar-refractivity contribution in [2.45, 2.75) is 39.4 Å². The van der Waals surface area contributed by atoms with E-state index in [-0.39, 0.29) is 11.7 Å². The van der Waals surface area contributed by atoms with Gasteiger partial charge in [0.1, 0.15) is 11.5 Å². The van der Waals surface area contributed by atoms with Crippen LogP contribution in [0.5, 0.6) is 0 Å². The molecule has 0 bridgehead atoms. The van der Waals surface area contributed by atoms with Crippen LogP contribution in [0.15, 0.2) is 30.3 Å². The monoisotopic (exact) mass is 398 g/mol. The Labute approximate surface area is 172 Å². The minimum absolute atomic E-state index is 0.149. The molecule has 2 aromatic rings. The van der Waals surface area contributed by atoms with Crippen LogP contribution in [0, 0.1) is 5.82 Å². The van der Waals surface area contributed by atoms with Gasteiger partial charge in [0, 0.05) is 71.0 Å². The molecule has 6 heteroatoms. The van der Waals surface area contributed by atoms with Crippen LogP contribution < -0.4 is 0 Å². The number of hydrogen-bond acceptors (Lipinski definition) is 3. The average molecular weight is 399 g/mol. The number of piperazine rings is 1. The quantitative estimate of drug-likeness (QED) is 0.794. The van der Waals surface area contributed by atoms with Crippen LogP contribution in [0.25, 0.3) is 0 Å². The fourth-order valence-electron chi connectivity index (χ4n) is 4.55. The van der Waals surface area contributed by atoms with Crippen molar-refractivity contribution >= 4 is 5.91 Å². The number of aromatic nitrogens is 1. The maximum Gasteiger partial charge on any atom is 0.270 e. The van der Waals surface area contributed by atoms with Crippen LogP contribution in [-0.2, 0) is 26.6 Å². The fourth-order valence-corrected chi connectivity index (χ4v) is 4.55. The molecule has 0 radical (unpaired) electrons. The molecule has 0 unspecified atom stereocenters. The van der Waals surface area contributed by atoms with E-state index in [1.165, 1.54) is 23.4 Å². The zero-order valence-electron chi connectivity index (χ0n) is 17.7. The Hall–Kier alpha value is -2.18. The van der Waals surface area contributed by atoms with E-state index in [0.717, 1.165) is 63.5 Å². The smallest absolute Gasteiger partial charge is 0.270 e. The van der Waals surface area contributed by atoms with Crippen molar-refractivity contribution in [2.75, 3.05) is 32.7 Å². The van der Waals surface area contributed by atoms with Gasteiger partial charge in [0.05, 0.1) is 0 Å². The number of amides is 1. The highest BCUT2D eigenvalue weighted by Gasteiger charge is 2.28. The van der Waals surface area contributed by atoms with Crippen molar-refractivity contribution in [1.29, 1.82) is 0 Å². The first kappa shape index (κ1) is 20.1. The van der Waals surface area contributed by atoms with Gasteiger partial charge in [-0.05, 0) is 43.2 Å². The molecule has 29 heavy (non-hydrogen) atoms. The summed E-state index contributed by atoms with van der Waals surface area (Å²) in [7, 11) is 2.02. The Bertz CT molecular complexity index is 866. The Morgan fingerprint density at radius 1 is 1.07 bits per heavy atom. The van der Waals surface area contributed by atoms with Gasteiger partial charge in [0.15, 0.2) is 0 Å². The van der Waals surface area contributed by atoms with Crippen LogP contribution in [-0.4, -0.2) is 63.9 Å². The molecule has 0 saturated carbocycles. The van der Waals surface area contributed by atoms with E-state index in [0.29, 0.717) is 6.04 Å². The lowest BCUT2D eigenvalue weighted by Gasteiger charge is -2.37. The number of halogens is 1. The molecule has 4 rings (SSSR count). The van der Waals surface area contributed by atoms with Crippen LogP contribution in [0.4, 0.5) is 4.39 Å². The average Bonchev–Trinajstić information content (AvgIpc) is 3.05. The summed E-state index contributed by atoms with van der Waals surface area (Å²) >= 11 is 0. The Kier molecular flexibility index (Phi) is 5.74. The number of carbonyl (C=O) groups is 1. The molecule has 5 nitrogen and oxygen atoms in total. The van der Waals surface area contributed by atoms with Gasteiger partial charge < -0.3 is 9.47 Å². The molecule has 2 aliphatic heterocycles. The van der Waals surface area contributed by atoms with Crippen LogP contribution in [0.2, 0.25) is 0 Å². The molecule has 0 N–H and O–H groups in total. The second-order valence-corrected chi connectivity index (χ2v) is 8.57. The van der Waals surface area contributed by atoms with Gasteiger partial charge in [-0.3, -0.25) is 14.6 Å².